The summed E-state index contributed by atoms with van der Waals surface area (Å²) < 4.78 is 0. The van der Waals surface area contributed by atoms with Crippen LogP contribution in [0.1, 0.15) is 86.4 Å². The molecule has 2 N–H and O–H groups in total. The molecule has 0 aliphatic carbocycles. The number of unbranched alkanes of at least 4 members (excludes halogenated alkanes) is 7. The number of aromatic amines is 1. The van der Waals surface area contributed by atoms with Crippen molar-refractivity contribution in [3.8, 4) is 0 Å². The molecule has 3 rings (SSSR count). The molecule has 0 saturated heterocycles. The first-order valence-electron chi connectivity index (χ1n) is 12.0. The Morgan fingerprint density at radius 3 is 2.16 bits per heavy atom. The van der Waals surface area contributed by atoms with Gasteiger partial charge in [0.1, 0.15) is 0 Å². The molecule has 2 aromatic heterocycles. The maximum Gasteiger partial charge on any atom is 0.255 e. The molecule has 0 saturated carbocycles. The van der Waals surface area contributed by atoms with Gasteiger partial charge in [-0.25, -0.2) is 15.0 Å². The molecule has 0 radical (unpaired) electrons. The number of H-pyrrole nitrogens is 1. The summed E-state index contributed by atoms with van der Waals surface area (Å²) >= 11 is 0. The molecular formula is C26H37N5O. The third kappa shape index (κ3) is 6.15. The number of nitrogens with one attached hydrogen (secondary N) is 2. The van der Waals surface area contributed by atoms with Gasteiger partial charge in [-0.1, -0.05) is 51.9 Å². The second-order valence-electron chi connectivity index (χ2n) is 8.91. The van der Waals surface area contributed by atoms with Crippen LogP contribution in [0.25, 0.3) is 10.9 Å². The van der Waals surface area contributed by atoms with Crippen molar-refractivity contribution >= 4 is 22.8 Å². The molecule has 0 spiro atoms. The van der Waals surface area contributed by atoms with Crippen LogP contribution in [0.2, 0.25) is 0 Å². The minimum Gasteiger partial charge on any atom is -0.294 e. The lowest BCUT2D eigenvalue weighted by Gasteiger charge is -2.11. The van der Waals surface area contributed by atoms with Crippen molar-refractivity contribution in [2.45, 2.75) is 92.4 Å². The Labute approximate surface area is 191 Å². The van der Waals surface area contributed by atoms with Crippen LogP contribution in [-0.2, 0) is 6.42 Å². The van der Waals surface area contributed by atoms with Crippen LogP contribution in [0.3, 0.4) is 0 Å². The molecule has 6 nitrogen and oxygen atoms in total. The van der Waals surface area contributed by atoms with Crippen molar-refractivity contribution in [1.29, 1.82) is 0 Å². The summed E-state index contributed by atoms with van der Waals surface area (Å²) in [5.74, 6) is 0.825. The van der Waals surface area contributed by atoms with Gasteiger partial charge in [-0.15, -0.1) is 0 Å². The molecule has 0 aliphatic rings. The molecule has 0 fully saturated rings. The van der Waals surface area contributed by atoms with Gasteiger partial charge in [-0.3, -0.25) is 15.1 Å². The zero-order chi connectivity index (χ0) is 23.1. The Bertz CT molecular complexity index is 1120. The Balaban J connectivity index is 1.64. The van der Waals surface area contributed by atoms with Crippen LogP contribution in [0, 0.1) is 27.7 Å². The van der Waals surface area contributed by atoms with Crippen LogP contribution in [0.5, 0.6) is 0 Å². The van der Waals surface area contributed by atoms with Crippen LogP contribution >= 0.6 is 0 Å². The maximum absolute atomic E-state index is 12.7. The quantitative estimate of drug-likeness (QED) is 0.342. The standard InChI is InChI=1S/C26H37N5O/c1-6-7-8-9-10-11-12-13-14-21-19(4)27-26(30-24(21)32)31-25-28-20(5)22-15-17(2)18(3)16-23(22)29-25/h15-16H,6-14H2,1-5H3,(H2,27,28,29,30,31,32). The van der Waals surface area contributed by atoms with E-state index >= 15 is 0 Å². The van der Waals surface area contributed by atoms with E-state index in [1.807, 2.05) is 13.8 Å². The van der Waals surface area contributed by atoms with E-state index in [9.17, 15) is 4.79 Å². The van der Waals surface area contributed by atoms with Gasteiger partial charge >= 0.3 is 0 Å². The van der Waals surface area contributed by atoms with Gasteiger partial charge in [0.05, 0.1) is 11.2 Å². The summed E-state index contributed by atoms with van der Waals surface area (Å²) in [5.41, 5.74) is 5.66. The monoisotopic (exact) mass is 435 g/mol. The predicted molar refractivity (Wildman–Crippen MR) is 133 cm³/mol. The third-order valence-electron chi connectivity index (χ3n) is 6.23. The summed E-state index contributed by atoms with van der Waals surface area (Å²) in [6.07, 6.45) is 10.8. The van der Waals surface area contributed by atoms with E-state index in [1.165, 1.54) is 49.7 Å². The molecule has 3 aromatic rings. The van der Waals surface area contributed by atoms with Crippen molar-refractivity contribution in [2.24, 2.45) is 0 Å². The summed E-state index contributed by atoms with van der Waals surface area (Å²) in [5, 5.41) is 4.13. The number of benzene rings is 1. The van der Waals surface area contributed by atoms with Gasteiger partial charge in [0, 0.05) is 16.6 Å². The zero-order valence-electron chi connectivity index (χ0n) is 20.3. The van der Waals surface area contributed by atoms with Gasteiger partial charge < -0.3 is 0 Å². The second kappa shape index (κ2) is 11.2. The average Bonchev–Trinajstić information content (AvgIpc) is 2.73. The normalized spacial score (nSPS) is 11.3. The highest BCUT2D eigenvalue weighted by Gasteiger charge is 2.11. The lowest BCUT2D eigenvalue weighted by atomic mass is 10.0. The molecule has 172 valence electrons. The predicted octanol–water partition coefficient (Wildman–Crippen LogP) is 6.37. The van der Waals surface area contributed by atoms with Gasteiger partial charge in [0.25, 0.3) is 5.56 Å². The Morgan fingerprint density at radius 1 is 0.812 bits per heavy atom. The van der Waals surface area contributed by atoms with E-state index in [0.717, 1.165) is 47.1 Å². The number of rotatable bonds is 11. The molecule has 0 unspecified atom stereocenters. The first kappa shape index (κ1) is 23.9. The van der Waals surface area contributed by atoms with E-state index in [0.29, 0.717) is 11.9 Å². The van der Waals surface area contributed by atoms with Crippen LogP contribution < -0.4 is 10.9 Å². The number of hydrogen-bond acceptors (Lipinski definition) is 5. The Morgan fingerprint density at radius 2 is 1.47 bits per heavy atom. The number of nitrogens with zero attached hydrogens (tertiary/aromatic N) is 3. The van der Waals surface area contributed by atoms with Crippen molar-refractivity contribution < 1.29 is 0 Å². The minimum absolute atomic E-state index is 0.0769. The Kier molecular flexibility index (Phi) is 8.37. The van der Waals surface area contributed by atoms with Gasteiger partial charge in [-0.2, -0.15) is 0 Å². The summed E-state index contributed by atoms with van der Waals surface area (Å²) in [4.78, 5) is 29.3. The highest BCUT2D eigenvalue weighted by molar-refractivity contribution is 5.83. The number of aromatic nitrogens is 4. The van der Waals surface area contributed by atoms with Crippen LogP contribution in [0.15, 0.2) is 16.9 Å². The first-order chi connectivity index (χ1) is 15.4. The van der Waals surface area contributed by atoms with E-state index < -0.39 is 0 Å². The molecule has 0 amide bonds. The fraction of sp³-hybridized carbons (Fsp3) is 0.538. The van der Waals surface area contributed by atoms with Gasteiger partial charge in [-0.05, 0) is 63.8 Å². The van der Waals surface area contributed by atoms with Crippen LogP contribution in [-0.4, -0.2) is 19.9 Å². The summed E-state index contributed by atoms with van der Waals surface area (Å²) in [7, 11) is 0. The van der Waals surface area contributed by atoms with E-state index in [-0.39, 0.29) is 5.56 Å². The fourth-order valence-corrected chi connectivity index (χ4v) is 4.10. The molecule has 0 atom stereocenters. The largest absolute Gasteiger partial charge is 0.294 e. The van der Waals surface area contributed by atoms with Gasteiger partial charge in [0.2, 0.25) is 11.9 Å². The molecule has 2 heterocycles. The van der Waals surface area contributed by atoms with E-state index in [1.54, 1.807) is 0 Å². The highest BCUT2D eigenvalue weighted by Crippen LogP contribution is 2.22. The van der Waals surface area contributed by atoms with Crippen molar-refractivity contribution in [1.82, 2.24) is 19.9 Å². The average molecular weight is 436 g/mol. The van der Waals surface area contributed by atoms with E-state index in [2.05, 4.69) is 58.2 Å². The maximum atomic E-state index is 12.7. The highest BCUT2D eigenvalue weighted by atomic mass is 16.1. The minimum atomic E-state index is -0.0769. The number of anilines is 2. The summed E-state index contributed by atoms with van der Waals surface area (Å²) in [6, 6.07) is 4.19. The number of hydrogen-bond donors (Lipinski definition) is 2. The molecule has 6 heteroatoms. The molecule has 0 bridgehead atoms. The zero-order valence-corrected chi connectivity index (χ0v) is 20.3. The Hall–Kier alpha value is -2.76. The van der Waals surface area contributed by atoms with Gasteiger partial charge in [0.15, 0.2) is 0 Å². The molecule has 32 heavy (non-hydrogen) atoms. The van der Waals surface area contributed by atoms with Crippen molar-refractivity contribution in [3.63, 3.8) is 0 Å². The first-order valence-corrected chi connectivity index (χ1v) is 12.0. The van der Waals surface area contributed by atoms with Crippen molar-refractivity contribution in [2.75, 3.05) is 5.32 Å². The molecule has 0 aliphatic heterocycles. The summed E-state index contributed by atoms with van der Waals surface area (Å²) in [6.45, 7) is 10.3. The fourth-order valence-electron chi connectivity index (χ4n) is 4.10. The molecule has 1 aromatic carbocycles. The lowest BCUT2D eigenvalue weighted by Crippen LogP contribution is -2.19. The smallest absolute Gasteiger partial charge is 0.255 e. The van der Waals surface area contributed by atoms with E-state index in [4.69, 9.17) is 0 Å². The third-order valence-corrected chi connectivity index (χ3v) is 6.23. The van der Waals surface area contributed by atoms with Crippen molar-refractivity contribution in [3.05, 3.63) is 50.6 Å². The van der Waals surface area contributed by atoms with Crippen LogP contribution in [0.4, 0.5) is 11.9 Å². The second-order valence-corrected chi connectivity index (χ2v) is 8.91. The SMILES string of the molecule is CCCCCCCCCCc1c(C)nc(Nc2nc(C)c3cc(C)c(C)cc3n2)[nH]c1=O. The molecular weight excluding hydrogens is 398 g/mol. The number of aryl methyl sites for hydroxylation is 4. The topological polar surface area (TPSA) is 83.6 Å². The lowest BCUT2D eigenvalue weighted by molar-refractivity contribution is 0.574. The number of fused-ring (bicyclic) bond motifs is 1.